The number of carbonyl (C=O) groups is 7. The van der Waals surface area contributed by atoms with Crippen molar-refractivity contribution in [1.29, 1.82) is 0 Å². The van der Waals surface area contributed by atoms with Gasteiger partial charge in [-0.3, -0.25) is 38.5 Å². The van der Waals surface area contributed by atoms with E-state index >= 15 is 0 Å². The van der Waals surface area contributed by atoms with Gasteiger partial charge in [-0.15, -0.1) is 0 Å². The number of hydrogen-bond donors (Lipinski definition) is 4. The van der Waals surface area contributed by atoms with Crippen molar-refractivity contribution < 1.29 is 95.1 Å². The van der Waals surface area contributed by atoms with Crippen LogP contribution in [-0.4, -0.2) is 194 Å². The number of unbranched alkanes of at least 4 members (excludes halogenated alkanes) is 2. The maximum absolute atomic E-state index is 14.4. The molecule has 0 saturated carbocycles. The van der Waals surface area contributed by atoms with Gasteiger partial charge in [0.25, 0.3) is 17.4 Å². The number of hydrogen-bond acceptors (Lipinski definition) is 23. The number of rotatable bonds is 44. The van der Waals surface area contributed by atoms with Crippen LogP contribution < -0.4 is 36.7 Å². The second kappa shape index (κ2) is 38.4. The summed E-state index contributed by atoms with van der Waals surface area (Å²) in [5.41, 5.74) is 10.8. The number of nitrogens with two attached hydrogens (primary N) is 1. The van der Waals surface area contributed by atoms with Crippen LogP contribution in [0, 0.1) is 5.92 Å². The number of anilines is 1. The van der Waals surface area contributed by atoms with Crippen molar-refractivity contribution in [2.75, 3.05) is 137 Å². The Morgan fingerprint density at radius 3 is 1.90 bits per heavy atom. The van der Waals surface area contributed by atoms with Gasteiger partial charge in [-0.1, -0.05) is 32.4 Å². The van der Waals surface area contributed by atoms with Crippen LogP contribution in [0.1, 0.15) is 99.1 Å². The van der Waals surface area contributed by atoms with Crippen LogP contribution >= 0.6 is 0 Å². The number of cyclic esters (lactones) is 1. The van der Waals surface area contributed by atoms with Gasteiger partial charge in [0.2, 0.25) is 24.5 Å². The van der Waals surface area contributed by atoms with Gasteiger partial charge in [-0.2, -0.15) is 0 Å². The van der Waals surface area contributed by atoms with Crippen LogP contribution in [0.3, 0.4) is 0 Å². The first kappa shape index (κ1) is 71.9. The zero-order chi connectivity index (χ0) is 66.4. The highest BCUT2D eigenvalue weighted by molar-refractivity contribution is 6.13. The second-order valence-corrected chi connectivity index (χ2v) is 22.3. The molecule has 3 atom stereocenters. The topological polar surface area (TPSA) is 340 Å². The van der Waals surface area contributed by atoms with E-state index in [1.165, 1.54) is 12.2 Å². The third kappa shape index (κ3) is 21.3. The smallest absolute Gasteiger partial charge is 0.460 e. The zero-order valence-electron chi connectivity index (χ0n) is 53.5. The summed E-state index contributed by atoms with van der Waals surface area (Å²) in [5, 5.41) is 9.28. The summed E-state index contributed by atoms with van der Waals surface area (Å²) in [5.74, 6) is -2.20. The number of imide groups is 1. The van der Waals surface area contributed by atoms with E-state index in [9.17, 15) is 38.4 Å². The van der Waals surface area contributed by atoms with Gasteiger partial charge in [0, 0.05) is 66.4 Å². The van der Waals surface area contributed by atoms with Gasteiger partial charge in [0.15, 0.2) is 11.5 Å². The largest absolute Gasteiger partial charge is 0.509 e. The van der Waals surface area contributed by atoms with E-state index < -0.39 is 47.9 Å². The van der Waals surface area contributed by atoms with Gasteiger partial charge >= 0.3 is 12.1 Å². The molecular formula is C66H87N7O21. The molecule has 8 rings (SSSR count). The number of esters is 1. The highest BCUT2D eigenvalue weighted by Gasteiger charge is 2.41. The van der Waals surface area contributed by atoms with Gasteiger partial charge in [0.05, 0.1) is 141 Å². The minimum absolute atomic E-state index is 0.0226. The molecule has 28 nitrogen and oxygen atoms in total. The molecule has 5 N–H and O–H groups in total. The van der Waals surface area contributed by atoms with Crippen molar-refractivity contribution >= 4 is 58.3 Å². The lowest BCUT2D eigenvalue weighted by Gasteiger charge is -2.23. The minimum Gasteiger partial charge on any atom is -0.460 e. The molecule has 0 spiro atoms. The molecule has 0 fully saturated rings. The Kier molecular flexibility index (Phi) is 29.4. The van der Waals surface area contributed by atoms with Crippen LogP contribution in [0.25, 0.3) is 22.3 Å². The van der Waals surface area contributed by atoms with Crippen LogP contribution in [0.5, 0.6) is 11.5 Å². The summed E-state index contributed by atoms with van der Waals surface area (Å²) >= 11 is 0. The van der Waals surface area contributed by atoms with Crippen LogP contribution in [0.15, 0.2) is 59.4 Å². The van der Waals surface area contributed by atoms with Gasteiger partial charge in [0.1, 0.15) is 25.4 Å². The van der Waals surface area contributed by atoms with E-state index in [1.54, 1.807) is 41.8 Å². The summed E-state index contributed by atoms with van der Waals surface area (Å²) in [6.07, 6.45) is 4.64. The first-order valence-electron chi connectivity index (χ1n) is 32.2. The molecule has 2 aromatic heterocycles. The molecule has 5 amide bonds. The Bertz CT molecular complexity index is 3270. The molecule has 0 aliphatic carbocycles. The minimum atomic E-state index is -1.20. The lowest BCUT2D eigenvalue weighted by atomic mass is 9.91. The van der Waals surface area contributed by atoms with Crippen LogP contribution in [0.4, 0.5) is 10.5 Å². The Morgan fingerprint density at radius 2 is 1.30 bits per heavy atom. The number of fused-ring (bicyclic) bond motifs is 6. The van der Waals surface area contributed by atoms with Crippen molar-refractivity contribution in [3.8, 4) is 22.9 Å². The standard InChI is InChI=1S/C66H87N7O21/c1-3-5-8-47-48-38-55-56(93-43-92-55)39-53(48)71-61-50(47)40-73-54(61)37-49-51(64(73)79)42-90-65(80)46(4-2)62(49)94-66(81)91-41-44-10-12-45(13-11-44)69-63(78)52(9-6-7-18-67)70-58(75)17-21-82-23-25-84-27-29-86-31-33-88-35-36-89-34-32-87-30-28-85-26-24-83-22-19-68-57(74)16-20-72-59(76)14-15-60(72)77/h10-15,37-39,46,52,62H,3-9,16-36,40-43,67H2,1-2H3,(H,68,74)(H,69,78)(H,70,75)/t46?,52-,62?/m0/s1. The lowest BCUT2D eigenvalue weighted by molar-refractivity contribution is -0.153. The second-order valence-electron chi connectivity index (χ2n) is 22.3. The molecule has 28 heteroatoms. The number of amides is 5. The highest BCUT2D eigenvalue weighted by Crippen LogP contribution is 2.44. The van der Waals surface area contributed by atoms with Crippen molar-refractivity contribution in [2.24, 2.45) is 11.7 Å². The normalized spacial score (nSPS) is 15.6. The highest BCUT2D eigenvalue weighted by atomic mass is 16.7. The molecule has 0 bridgehead atoms. The number of nitrogens with one attached hydrogen (secondary N) is 3. The molecule has 6 heterocycles. The van der Waals surface area contributed by atoms with Gasteiger partial charge in [-0.05, 0) is 80.5 Å². The van der Waals surface area contributed by atoms with Gasteiger partial charge in [-0.25, -0.2) is 9.78 Å². The molecule has 0 radical (unpaired) electrons. The summed E-state index contributed by atoms with van der Waals surface area (Å²) in [6.45, 7) is 10.1. The zero-order valence-corrected chi connectivity index (χ0v) is 53.5. The average molecular weight is 1310 g/mol. The van der Waals surface area contributed by atoms with Crippen LogP contribution in [-0.2, 0) is 107 Å². The summed E-state index contributed by atoms with van der Waals surface area (Å²) < 4.78 is 74.3. The van der Waals surface area contributed by atoms with Crippen molar-refractivity contribution in [3.63, 3.8) is 0 Å². The number of aryl methyl sites for hydroxylation is 1. The van der Waals surface area contributed by atoms with E-state index in [4.69, 9.17) is 72.3 Å². The number of pyridine rings is 2. The molecule has 2 aromatic carbocycles. The fraction of sp³-hybridized carbons (Fsp3) is 0.561. The third-order valence-corrected chi connectivity index (χ3v) is 15.8. The first-order valence-corrected chi connectivity index (χ1v) is 32.2. The maximum atomic E-state index is 14.4. The summed E-state index contributed by atoms with van der Waals surface area (Å²) in [4.78, 5) is 109. The van der Waals surface area contributed by atoms with Crippen molar-refractivity contribution in [3.05, 3.63) is 92.8 Å². The molecule has 4 aromatic rings. The maximum Gasteiger partial charge on any atom is 0.509 e. The van der Waals surface area contributed by atoms with Crippen molar-refractivity contribution in [1.82, 2.24) is 25.1 Å². The molecule has 4 aliphatic rings. The predicted molar refractivity (Wildman–Crippen MR) is 337 cm³/mol. The van der Waals surface area contributed by atoms with E-state index in [1.807, 2.05) is 12.1 Å². The SMILES string of the molecule is CCCCc1c2c(nc3cc4c(cc13)OCO4)-c1cc3c(c(=O)n1C2)COC(=O)C(CC)C3OC(=O)OCc1ccc(NC(=O)[C@H](CCCCN)NC(=O)CCOCCOCCOCCOCCOCCOCCOCCOCCNC(=O)CCN2C(=O)C=CC2=O)cc1. The van der Waals surface area contributed by atoms with Crippen LogP contribution in [0.2, 0.25) is 0 Å². The van der Waals surface area contributed by atoms with Crippen molar-refractivity contribution in [2.45, 2.75) is 104 Å². The Balaban J connectivity index is 0.653. The average Bonchev–Trinajstić information content (AvgIpc) is 1.55. The number of benzene rings is 2. The molecular weight excluding hydrogens is 1230 g/mol. The van der Waals surface area contributed by atoms with E-state index in [-0.39, 0.29) is 88.5 Å². The molecule has 0 saturated heterocycles. The fourth-order valence-electron chi connectivity index (χ4n) is 10.8. The summed E-state index contributed by atoms with van der Waals surface area (Å²) in [7, 11) is 0. The monoisotopic (exact) mass is 1310 g/mol. The third-order valence-electron chi connectivity index (χ3n) is 15.8. The first-order chi connectivity index (χ1) is 45.9. The van der Waals surface area contributed by atoms with Gasteiger partial charge < -0.3 is 87.8 Å². The molecule has 2 unspecified atom stereocenters. The quantitative estimate of drug-likeness (QED) is 0.0237. The van der Waals surface area contributed by atoms with E-state index in [0.717, 1.165) is 40.7 Å². The molecule has 4 aliphatic heterocycles. The Morgan fingerprint density at radius 1 is 0.691 bits per heavy atom. The summed E-state index contributed by atoms with van der Waals surface area (Å²) in [6, 6.07) is 11.4. The number of nitrogens with zero attached hydrogens (tertiary/aromatic N) is 3. The lowest BCUT2D eigenvalue weighted by Crippen LogP contribution is -2.44. The number of ether oxygens (including phenoxy) is 13. The predicted octanol–water partition coefficient (Wildman–Crippen LogP) is 4.48. The number of aromatic nitrogens is 2. The Hall–Kier alpha value is -7.93. The Labute approximate surface area is 544 Å². The van der Waals surface area contributed by atoms with E-state index in [2.05, 4.69) is 22.9 Å². The number of carbonyl (C=O) groups excluding carboxylic acids is 7. The molecule has 94 heavy (non-hydrogen) atoms. The fourth-order valence-corrected chi connectivity index (χ4v) is 10.8. The molecule has 512 valence electrons. The van der Waals surface area contributed by atoms with E-state index in [0.29, 0.717) is 170 Å².